The number of rotatable bonds is 7. The molecule has 0 spiro atoms. The van der Waals surface area contributed by atoms with Gasteiger partial charge >= 0.3 is 5.97 Å². The molecule has 0 aliphatic heterocycles. The summed E-state index contributed by atoms with van der Waals surface area (Å²) in [5, 5.41) is 11.6. The van der Waals surface area contributed by atoms with Crippen LogP contribution in [0.3, 0.4) is 0 Å². The van der Waals surface area contributed by atoms with Crippen molar-refractivity contribution >= 4 is 39.6 Å². The summed E-state index contributed by atoms with van der Waals surface area (Å²) < 4.78 is 5.91. The number of hydrogen-bond donors (Lipinski definition) is 2. The second-order valence-corrected chi connectivity index (χ2v) is 5.89. The van der Waals surface area contributed by atoms with Crippen LogP contribution in [0.5, 0.6) is 5.75 Å². The van der Waals surface area contributed by atoms with E-state index in [0.717, 1.165) is 4.47 Å². The third-order valence-corrected chi connectivity index (χ3v) is 3.76. The number of methoxy groups -OCH3 is 1. The minimum atomic E-state index is -1.04. The van der Waals surface area contributed by atoms with Gasteiger partial charge in [0.15, 0.2) is 0 Å². The number of carbonyl (C=O) groups excluding carboxylic acids is 1. The average Bonchev–Trinajstić information content (AvgIpc) is 2.42. The normalized spacial score (nSPS) is 11.8. The van der Waals surface area contributed by atoms with Gasteiger partial charge in [0.05, 0.1) is 12.7 Å². The van der Waals surface area contributed by atoms with E-state index in [4.69, 9.17) is 9.84 Å². The van der Waals surface area contributed by atoms with E-state index < -0.39 is 17.9 Å². The highest BCUT2D eigenvalue weighted by Crippen LogP contribution is 2.23. The van der Waals surface area contributed by atoms with Gasteiger partial charge in [-0.3, -0.25) is 4.79 Å². The number of hydrogen-bond acceptors (Lipinski definition) is 4. The first-order valence-electron chi connectivity index (χ1n) is 5.85. The van der Waals surface area contributed by atoms with Gasteiger partial charge < -0.3 is 15.2 Å². The second-order valence-electron chi connectivity index (χ2n) is 3.99. The summed E-state index contributed by atoms with van der Waals surface area (Å²) in [5.74, 6) is -0.438. The summed E-state index contributed by atoms with van der Waals surface area (Å²) in [4.78, 5) is 23.3. The summed E-state index contributed by atoms with van der Waals surface area (Å²) in [6.45, 7) is 0. The molecular weight excluding hydrogens is 346 g/mol. The molecule has 1 aromatic rings. The third-order valence-electron chi connectivity index (χ3n) is 2.62. The second kappa shape index (κ2) is 8.16. The van der Waals surface area contributed by atoms with Gasteiger partial charge in [-0.05, 0) is 36.6 Å². The maximum atomic E-state index is 12.1. The maximum Gasteiger partial charge on any atom is 0.326 e. The van der Waals surface area contributed by atoms with Crippen LogP contribution in [0.15, 0.2) is 22.7 Å². The Hall–Kier alpha value is -1.21. The highest BCUT2D eigenvalue weighted by Gasteiger charge is 2.22. The number of thioether (sulfide) groups is 1. The van der Waals surface area contributed by atoms with Crippen molar-refractivity contribution < 1.29 is 19.4 Å². The van der Waals surface area contributed by atoms with Crippen molar-refractivity contribution in [1.82, 2.24) is 5.32 Å². The van der Waals surface area contributed by atoms with Crippen molar-refractivity contribution in [3.8, 4) is 5.75 Å². The number of carboxylic acids is 1. The van der Waals surface area contributed by atoms with E-state index in [1.807, 2.05) is 6.26 Å². The Morgan fingerprint density at radius 1 is 1.50 bits per heavy atom. The minimum Gasteiger partial charge on any atom is -0.496 e. The van der Waals surface area contributed by atoms with E-state index in [1.165, 1.54) is 18.9 Å². The number of carboxylic acid groups (broad SMARTS) is 1. The highest BCUT2D eigenvalue weighted by atomic mass is 79.9. The molecule has 0 fully saturated rings. The first-order valence-corrected chi connectivity index (χ1v) is 8.04. The van der Waals surface area contributed by atoms with Gasteiger partial charge in [-0.2, -0.15) is 11.8 Å². The lowest BCUT2D eigenvalue weighted by atomic mass is 10.1. The molecule has 1 unspecified atom stereocenters. The van der Waals surface area contributed by atoms with Crippen LogP contribution < -0.4 is 10.1 Å². The summed E-state index contributed by atoms with van der Waals surface area (Å²) in [7, 11) is 1.46. The lowest BCUT2D eigenvalue weighted by Gasteiger charge is -2.15. The summed E-state index contributed by atoms with van der Waals surface area (Å²) in [6, 6.07) is 4.05. The fraction of sp³-hybridized carbons (Fsp3) is 0.385. The van der Waals surface area contributed by atoms with Crippen LogP contribution in [0.25, 0.3) is 0 Å². The monoisotopic (exact) mass is 361 g/mol. The standard InChI is InChI=1S/C13H16BrNO4S/c1-19-11-7-8(14)3-4-9(11)12(16)15-10(13(17)18)5-6-20-2/h3-4,7,10H,5-6H2,1-2H3,(H,15,16)(H,17,18). The van der Waals surface area contributed by atoms with Gasteiger partial charge in [0.25, 0.3) is 5.91 Å². The number of carbonyl (C=O) groups is 2. The molecule has 5 nitrogen and oxygen atoms in total. The number of benzene rings is 1. The Kier molecular flexibility index (Phi) is 6.87. The molecule has 0 aliphatic rings. The molecule has 0 bridgehead atoms. The van der Waals surface area contributed by atoms with Crippen molar-refractivity contribution in [3.63, 3.8) is 0 Å². The van der Waals surface area contributed by atoms with E-state index in [0.29, 0.717) is 23.5 Å². The molecule has 7 heteroatoms. The fourth-order valence-corrected chi connectivity index (χ4v) is 2.39. The zero-order valence-corrected chi connectivity index (χ0v) is 13.6. The van der Waals surface area contributed by atoms with Gasteiger partial charge in [0.1, 0.15) is 11.8 Å². The Morgan fingerprint density at radius 2 is 2.20 bits per heavy atom. The SMILES string of the molecule is COc1cc(Br)ccc1C(=O)NC(CCSC)C(=O)O. The molecular formula is C13H16BrNO4S. The summed E-state index contributed by atoms with van der Waals surface area (Å²) in [5.41, 5.74) is 0.311. The number of amides is 1. The molecule has 1 amide bonds. The molecule has 1 aromatic carbocycles. The predicted molar refractivity (Wildman–Crippen MR) is 82.6 cm³/mol. The van der Waals surface area contributed by atoms with Crippen molar-refractivity contribution in [3.05, 3.63) is 28.2 Å². The zero-order chi connectivity index (χ0) is 15.1. The first-order chi connectivity index (χ1) is 9.49. The lowest BCUT2D eigenvalue weighted by molar-refractivity contribution is -0.139. The first kappa shape index (κ1) is 16.8. The Morgan fingerprint density at radius 3 is 2.75 bits per heavy atom. The van der Waals surface area contributed by atoms with Crippen molar-refractivity contribution in [1.29, 1.82) is 0 Å². The smallest absolute Gasteiger partial charge is 0.326 e. The van der Waals surface area contributed by atoms with E-state index in [-0.39, 0.29) is 0 Å². The molecule has 1 atom stereocenters. The van der Waals surface area contributed by atoms with Crippen molar-refractivity contribution in [2.75, 3.05) is 19.1 Å². The molecule has 0 aliphatic carbocycles. The fourth-order valence-electron chi connectivity index (χ4n) is 1.58. The topological polar surface area (TPSA) is 75.6 Å². The molecule has 110 valence electrons. The van der Waals surface area contributed by atoms with Gasteiger partial charge in [-0.15, -0.1) is 0 Å². The number of ether oxygens (including phenoxy) is 1. The van der Waals surface area contributed by atoms with Gasteiger partial charge in [-0.25, -0.2) is 4.79 Å². The Bertz CT molecular complexity index is 495. The van der Waals surface area contributed by atoms with E-state index in [1.54, 1.807) is 18.2 Å². The molecule has 20 heavy (non-hydrogen) atoms. The van der Waals surface area contributed by atoms with E-state index >= 15 is 0 Å². The van der Waals surface area contributed by atoms with Crippen molar-refractivity contribution in [2.24, 2.45) is 0 Å². The van der Waals surface area contributed by atoms with Crippen LogP contribution in [0.1, 0.15) is 16.8 Å². The molecule has 1 rings (SSSR count). The van der Waals surface area contributed by atoms with Crippen LogP contribution in [-0.2, 0) is 4.79 Å². The third kappa shape index (κ3) is 4.72. The van der Waals surface area contributed by atoms with E-state index in [9.17, 15) is 9.59 Å². The number of nitrogens with one attached hydrogen (secondary N) is 1. The Balaban J connectivity index is 2.86. The summed E-state index contributed by atoms with van der Waals surface area (Å²) >= 11 is 4.82. The van der Waals surface area contributed by atoms with Gasteiger partial charge in [0, 0.05) is 4.47 Å². The van der Waals surface area contributed by atoms with Crippen molar-refractivity contribution in [2.45, 2.75) is 12.5 Å². The zero-order valence-electron chi connectivity index (χ0n) is 11.2. The van der Waals surface area contributed by atoms with Gasteiger partial charge in [-0.1, -0.05) is 15.9 Å². The number of halogens is 1. The van der Waals surface area contributed by atoms with Crippen LogP contribution >= 0.6 is 27.7 Å². The molecule has 0 heterocycles. The highest BCUT2D eigenvalue weighted by molar-refractivity contribution is 9.10. The molecule has 2 N–H and O–H groups in total. The van der Waals surface area contributed by atoms with Crippen LogP contribution in [0, 0.1) is 0 Å². The van der Waals surface area contributed by atoms with Crippen LogP contribution in [0.4, 0.5) is 0 Å². The lowest BCUT2D eigenvalue weighted by Crippen LogP contribution is -2.41. The molecule has 0 radical (unpaired) electrons. The minimum absolute atomic E-state index is 0.311. The summed E-state index contributed by atoms with van der Waals surface area (Å²) in [6.07, 6.45) is 2.26. The maximum absolute atomic E-state index is 12.1. The molecule has 0 saturated carbocycles. The van der Waals surface area contributed by atoms with Gasteiger partial charge in [0.2, 0.25) is 0 Å². The molecule has 0 aromatic heterocycles. The average molecular weight is 362 g/mol. The Labute approximate surface area is 130 Å². The predicted octanol–water partition coefficient (Wildman–Crippen LogP) is 2.39. The molecule has 0 saturated heterocycles. The van der Waals surface area contributed by atoms with Crippen LogP contribution in [-0.4, -0.2) is 42.1 Å². The quantitative estimate of drug-likeness (QED) is 0.779. The largest absolute Gasteiger partial charge is 0.496 e. The number of aliphatic carboxylic acids is 1. The van der Waals surface area contributed by atoms with E-state index in [2.05, 4.69) is 21.2 Å². The van der Waals surface area contributed by atoms with Crippen LogP contribution in [0.2, 0.25) is 0 Å².